The third-order valence-electron chi connectivity index (χ3n) is 3.78. The van der Waals surface area contributed by atoms with E-state index in [1.807, 2.05) is 13.8 Å². The number of unbranched alkanes of at least 4 members (excludes halogenated alkanes) is 1. The molecule has 7 nitrogen and oxygen atoms in total. The Hall–Kier alpha value is -2.58. The van der Waals surface area contributed by atoms with E-state index in [2.05, 4.69) is 10.0 Å². The van der Waals surface area contributed by atoms with Crippen molar-refractivity contribution in [1.29, 1.82) is 0 Å². The van der Waals surface area contributed by atoms with Crippen LogP contribution >= 0.6 is 0 Å². The van der Waals surface area contributed by atoms with Crippen LogP contribution in [0.25, 0.3) is 0 Å². The minimum Gasteiger partial charge on any atom is -0.494 e. The molecule has 2 aromatic carbocycles. The molecule has 28 heavy (non-hydrogen) atoms. The van der Waals surface area contributed by atoms with Crippen LogP contribution in [0.3, 0.4) is 0 Å². The number of ether oxygens (including phenoxy) is 2. The molecular formula is C20H26N2O5S. The molecule has 0 bridgehead atoms. The SMILES string of the molecule is CCCCNS(=O)(=O)c1ccc(OCC(=O)Nc2ccc(OCC)cc2)cc1. The van der Waals surface area contributed by atoms with Crippen molar-refractivity contribution in [3.05, 3.63) is 48.5 Å². The van der Waals surface area contributed by atoms with Crippen molar-refractivity contribution in [2.24, 2.45) is 0 Å². The average molecular weight is 407 g/mol. The van der Waals surface area contributed by atoms with Crippen molar-refractivity contribution in [3.8, 4) is 11.5 Å². The highest BCUT2D eigenvalue weighted by Crippen LogP contribution is 2.17. The number of carbonyl (C=O) groups excluding carboxylic acids is 1. The fourth-order valence-corrected chi connectivity index (χ4v) is 3.40. The maximum absolute atomic E-state index is 12.1. The zero-order valence-corrected chi connectivity index (χ0v) is 16.9. The Balaban J connectivity index is 1.84. The summed E-state index contributed by atoms with van der Waals surface area (Å²) in [5, 5.41) is 2.72. The van der Waals surface area contributed by atoms with E-state index in [0.29, 0.717) is 24.6 Å². The molecule has 0 saturated carbocycles. The smallest absolute Gasteiger partial charge is 0.262 e. The third kappa shape index (κ3) is 6.86. The van der Waals surface area contributed by atoms with Crippen molar-refractivity contribution in [1.82, 2.24) is 4.72 Å². The van der Waals surface area contributed by atoms with Crippen LogP contribution in [0.1, 0.15) is 26.7 Å². The molecule has 2 rings (SSSR count). The van der Waals surface area contributed by atoms with Crippen molar-refractivity contribution in [2.75, 3.05) is 25.1 Å². The second kappa shape index (κ2) is 10.7. The predicted octanol–water partition coefficient (Wildman–Crippen LogP) is 3.18. The first-order chi connectivity index (χ1) is 13.4. The van der Waals surface area contributed by atoms with Crippen LogP contribution < -0.4 is 19.5 Å². The van der Waals surface area contributed by atoms with E-state index < -0.39 is 10.0 Å². The Labute approximate surface area is 166 Å². The number of anilines is 1. The van der Waals surface area contributed by atoms with Crippen molar-refractivity contribution in [3.63, 3.8) is 0 Å². The molecule has 0 atom stereocenters. The topological polar surface area (TPSA) is 93.7 Å². The predicted molar refractivity (Wildman–Crippen MR) is 108 cm³/mol. The van der Waals surface area contributed by atoms with Gasteiger partial charge in [-0.15, -0.1) is 0 Å². The lowest BCUT2D eigenvalue weighted by molar-refractivity contribution is -0.118. The molecule has 2 aromatic rings. The summed E-state index contributed by atoms with van der Waals surface area (Å²) in [6, 6.07) is 13.0. The minimum atomic E-state index is -3.52. The third-order valence-corrected chi connectivity index (χ3v) is 5.25. The molecule has 0 saturated heterocycles. The lowest BCUT2D eigenvalue weighted by Gasteiger charge is -2.10. The summed E-state index contributed by atoms with van der Waals surface area (Å²) in [7, 11) is -3.52. The summed E-state index contributed by atoms with van der Waals surface area (Å²) in [4.78, 5) is 12.2. The average Bonchev–Trinajstić information content (AvgIpc) is 2.68. The van der Waals surface area contributed by atoms with Gasteiger partial charge in [0.05, 0.1) is 11.5 Å². The van der Waals surface area contributed by atoms with Crippen molar-refractivity contribution in [2.45, 2.75) is 31.6 Å². The van der Waals surface area contributed by atoms with Gasteiger partial charge in [0.15, 0.2) is 6.61 Å². The minimum absolute atomic E-state index is 0.162. The monoisotopic (exact) mass is 406 g/mol. The first kappa shape index (κ1) is 21.7. The second-order valence-corrected chi connectivity index (χ2v) is 7.78. The van der Waals surface area contributed by atoms with Crippen LogP contribution in [0.15, 0.2) is 53.4 Å². The lowest BCUT2D eigenvalue weighted by Crippen LogP contribution is -2.24. The number of hydrogen-bond donors (Lipinski definition) is 2. The molecule has 0 fully saturated rings. The maximum Gasteiger partial charge on any atom is 0.262 e. The maximum atomic E-state index is 12.1. The Kier molecular flexibility index (Phi) is 8.28. The summed E-state index contributed by atoms with van der Waals surface area (Å²) in [5.41, 5.74) is 0.636. The summed E-state index contributed by atoms with van der Waals surface area (Å²) >= 11 is 0. The first-order valence-electron chi connectivity index (χ1n) is 9.20. The lowest BCUT2D eigenvalue weighted by atomic mass is 10.3. The highest BCUT2D eigenvalue weighted by Gasteiger charge is 2.13. The van der Waals surface area contributed by atoms with E-state index >= 15 is 0 Å². The summed E-state index contributed by atoms with van der Waals surface area (Å²) < 4.78 is 37.6. The van der Waals surface area contributed by atoms with Crippen LogP contribution in [-0.4, -0.2) is 34.1 Å². The van der Waals surface area contributed by atoms with Gasteiger partial charge in [0.1, 0.15) is 11.5 Å². The molecule has 1 amide bonds. The fraction of sp³-hybridized carbons (Fsp3) is 0.350. The normalized spacial score (nSPS) is 11.1. The molecule has 0 heterocycles. The molecule has 0 unspecified atom stereocenters. The van der Waals surface area contributed by atoms with Gasteiger partial charge in [-0.3, -0.25) is 4.79 Å². The Bertz CT molecular complexity index is 849. The van der Waals surface area contributed by atoms with E-state index in [9.17, 15) is 13.2 Å². The van der Waals surface area contributed by atoms with E-state index in [1.54, 1.807) is 24.3 Å². The fourth-order valence-electron chi connectivity index (χ4n) is 2.33. The summed E-state index contributed by atoms with van der Waals surface area (Å²) in [6.45, 7) is 4.69. The largest absolute Gasteiger partial charge is 0.494 e. The van der Waals surface area contributed by atoms with Gasteiger partial charge in [0, 0.05) is 12.2 Å². The van der Waals surface area contributed by atoms with Crippen LogP contribution in [-0.2, 0) is 14.8 Å². The summed E-state index contributed by atoms with van der Waals surface area (Å²) in [5.74, 6) is 0.826. The number of carbonyl (C=O) groups is 1. The number of sulfonamides is 1. The quantitative estimate of drug-likeness (QED) is 0.559. The van der Waals surface area contributed by atoms with Gasteiger partial charge in [0.2, 0.25) is 10.0 Å². The van der Waals surface area contributed by atoms with Gasteiger partial charge < -0.3 is 14.8 Å². The number of rotatable bonds is 11. The molecule has 0 spiro atoms. The first-order valence-corrected chi connectivity index (χ1v) is 10.7. The van der Waals surface area contributed by atoms with E-state index in [4.69, 9.17) is 9.47 Å². The van der Waals surface area contributed by atoms with Gasteiger partial charge in [-0.1, -0.05) is 13.3 Å². The second-order valence-electron chi connectivity index (χ2n) is 6.02. The van der Waals surface area contributed by atoms with Crippen molar-refractivity contribution < 1.29 is 22.7 Å². The number of nitrogens with one attached hydrogen (secondary N) is 2. The standard InChI is InChI=1S/C20H26N2O5S/c1-3-5-14-21-28(24,25)19-12-10-18(11-13-19)27-15-20(23)22-16-6-8-17(9-7-16)26-4-2/h6-13,21H,3-5,14-15H2,1-2H3,(H,22,23). The molecule has 0 aliphatic carbocycles. The van der Waals surface area contributed by atoms with E-state index in [1.165, 1.54) is 24.3 Å². The zero-order chi connectivity index (χ0) is 20.4. The molecule has 0 aliphatic rings. The van der Waals surface area contributed by atoms with Gasteiger partial charge in [-0.05, 0) is 61.9 Å². The van der Waals surface area contributed by atoms with E-state index in [-0.39, 0.29) is 17.4 Å². The Morgan fingerprint density at radius 1 is 0.929 bits per heavy atom. The van der Waals surface area contributed by atoms with Crippen molar-refractivity contribution >= 4 is 21.6 Å². The molecule has 152 valence electrons. The van der Waals surface area contributed by atoms with Crippen LogP contribution in [0, 0.1) is 0 Å². The van der Waals surface area contributed by atoms with Crippen LogP contribution in [0.4, 0.5) is 5.69 Å². The summed E-state index contributed by atoms with van der Waals surface area (Å²) in [6.07, 6.45) is 1.69. The Morgan fingerprint density at radius 2 is 1.54 bits per heavy atom. The molecule has 2 N–H and O–H groups in total. The zero-order valence-electron chi connectivity index (χ0n) is 16.1. The molecule has 0 radical (unpaired) electrons. The number of amides is 1. The van der Waals surface area contributed by atoms with E-state index in [0.717, 1.165) is 18.6 Å². The van der Waals surface area contributed by atoms with Gasteiger partial charge in [-0.2, -0.15) is 0 Å². The molecule has 8 heteroatoms. The molecule has 0 aliphatic heterocycles. The van der Waals surface area contributed by atoms with Gasteiger partial charge >= 0.3 is 0 Å². The van der Waals surface area contributed by atoms with Crippen LogP contribution in [0.5, 0.6) is 11.5 Å². The van der Waals surface area contributed by atoms with Crippen LogP contribution in [0.2, 0.25) is 0 Å². The number of benzene rings is 2. The Morgan fingerprint density at radius 3 is 2.14 bits per heavy atom. The highest BCUT2D eigenvalue weighted by atomic mass is 32.2. The highest BCUT2D eigenvalue weighted by molar-refractivity contribution is 7.89. The molecule has 0 aromatic heterocycles. The molecular weight excluding hydrogens is 380 g/mol. The van der Waals surface area contributed by atoms with Gasteiger partial charge in [0.25, 0.3) is 5.91 Å². The number of hydrogen-bond acceptors (Lipinski definition) is 5. The van der Waals surface area contributed by atoms with Gasteiger partial charge in [-0.25, -0.2) is 13.1 Å².